The summed E-state index contributed by atoms with van der Waals surface area (Å²) in [6, 6.07) is 5.86. The van der Waals surface area contributed by atoms with Gasteiger partial charge in [-0.25, -0.2) is 0 Å². The third kappa shape index (κ3) is 5.99. The third-order valence-corrected chi connectivity index (χ3v) is 8.67. The first-order valence-corrected chi connectivity index (χ1v) is 14.7. The molecule has 2 N–H and O–H groups in total. The highest BCUT2D eigenvalue weighted by atomic mass is 16.5. The Hall–Kier alpha value is -2.69. The van der Waals surface area contributed by atoms with E-state index in [0.717, 1.165) is 37.8 Å². The van der Waals surface area contributed by atoms with E-state index in [1.807, 2.05) is 23.1 Å². The van der Waals surface area contributed by atoms with Crippen LogP contribution in [0.1, 0.15) is 58.8 Å². The molecule has 2 heterocycles. The van der Waals surface area contributed by atoms with Gasteiger partial charge in [-0.15, -0.1) is 0 Å². The van der Waals surface area contributed by atoms with E-state index in [0.29, 0.717) is 50.5 Å². The van der Waals surface area contributed by atoms with Crippen molar-refractivity contribution in [3.63, 3.8) is 0 Å². The van der Waals surface area contributed by atoms with Gasteiger partial charge in [0.2, 0.25) is 11.8 Å². The lowest BCUT2D eigenvalue weighted by molar-refractivity contribution is -0.132. The van der Waals surface area contributed by atoms with Gasteiger partial charge in [0.15, 0.2) is 5.60 Å². The number of nitrogens with zero attached hydrogens (tertiary/aromatic N) is 2. The molecule has 0 bridgehead atoms. The number of rotatable bonds is 10. The van der Waals surface area contributed by atoms with Crippen molar-refractivity contribution < 1.29 is 28.6 Å². The van der Waals surface area contributed by atoms with E-state index < -0.39 is 5.60 Å². The van der Waals surface area contributed by atoms with Crippen LogP contribution >= 0.6 is 0 Å². The number of carbonyl (C=O) groups excluding carboxylic acids is 3. The second-order valence-corrected chi connectivity index (χ2v) is 12.1. The van der Waals surface area contributed by atoms with E-state index in [1.165, 1.54) is 0 Å². The van der Waals surface area contributed by atoms with Crippen molar-refractivity contribution in [2.45, 2.75) is 82.6 Å². The second-order valence-electron chi connectivity index (χ2n) is 12.1. The zero-order chi connectivity index (χ0) is 28.4. The van der Waals surface area contributed by atoms with Gasteiger partial charge in [0.25, 0.3) is 5.91 Å². The summed E-state index contributed by atoms with van der Waals surface area (Å²) in [5.41, 5.74) is 0.470. The lowest BCUT2D eigenvalue weighted by atomic mass is 9.88. The minimum absolute atomic E-state index is 0.00400. The molecule has 1 saturated heterocycles. The maximum Gasteiger partial charge on any atom is 0.270 e. The maximum absolute atomic E-state index is 14.0. The molecule has 0 aromatic heterocycles. The number of benzene rings is 1. The SMILES string of the molecule is COCCCN1C(=O)C(C)(C)Oc2ccc(N(C(=O)[C@H]3CNC[C@@H](C(=O)N[C@H]4CCC[C@@H]4OC)C3)C3CC3)cc21. The van der Waals surface area contributed by atoms with Crippen molar-refractivity contribution in [2.24, 2.45) is 11.8 Å². The first-order valence-electron chi connectivity index (χ1n) is 14.7. The molecule has 3 amide bonds. The second kappa shape index (κ2) is 12.0. The smallest absolute Gasteiger partial charge is 0.270 e. The van der Waals surface area contributed by atoms with Crippen molar-refractivity contribution in [2.75, 3.05) is 50.3 Å². The molecule has 2 aliphatic carbocycles. The van der Waals surface area contributed by atoms with E-state index in [4.69, 9.17) is 14.2 Å². The zero-order valence-electron chi connectivity index (χ0n) is 24.2. The highest BCUT2D eigenvalue weighted by Crippen LogP contribution is 2.43. The normalized spacial score (nSPS) is 27.6. The molecule has 2 aliphatic heterocycles. The van der Waals surface area contributed by atoms with Gasteiger partial charge >= 0.3 is 0 Å². The van der Waals surface area contributed by atoms with E-state index in [1.54, 1.807) is 33.0 Å². The summed E-state index contributed by atoms with van der Waals surface area (Å²) in [6.45, 7) is 5.71. The lowest BCUT2D eigenvalue weighted by Crippen LogP contribution is -2.53. The van der Waals surface area contributed by atoms with Gasteiger partial charge in [0.05, 0.1) is 29.7 Å². The summed E-state index contributed by atoms with van der Waals surface area (Å²) < 4.78 is 16.8. The van der Waals surface area contributed by atoms with Crippen LogP contribution in [0.5, 0.6) is 5.75 Å². The van der Waals surface area contributed by atoms with Gasteiger partial charge in [-0.05, 0) is 77.0 Å². The van der Waals surface area contributed by atoms with Gasteiger partial charge < -0.3 is 34.6 Å². The molecule has 1 aromatic carbocycles. The Balaban J connectivity index is 1.33. The van der Waals surface area contributed by atoms with Crippen LogP contribution in [0.2, 0.25) is 0 Å². The van der Waals surface area contributed by atoms with Gasteiger partial charge in [0.1, 0.15) is 5.75 Å². The van der Waals surface area contributed by atoms with Crippen LogP contribution in [0.25, 0.3) is 0 Å². The Kier molecular flexibility index (Phi) is 8.68. The molecule has 4 atom stereocenters. The van der Waals surface area contributed by atoms with Crippen molar-refractivity contribution in [3.05, 3.63) is 18.2 Å². The lowest BCUT2D eigenvalue weighted by Gasteiger charge is -2.40. The minimum Gasteiger partial charge on any atom is -0.476 e. The summed E-state index contributed by atoms with van der Waals surface area (Å²) in [6.07, 6.45) is 6.06. The van der Waals surface area contributed by atoms with Crippen molar-refractivity contribution in [3.8, 4) is 5.75 Å². The van der Waals surface area contributed by atoms with E-state index >= 15 is 0 Å². The number of fused-ring (bicyclic) bond motifs is 1. The molecule has 0 spiro atoms. The first kappa shape index (κ1) is 28.8. The number of nitrogens with one attached hydrogen (secondary N) is 2. The molecular weight excluding hydrogens is 512 g/mol. The predicted octanol–water partition coefficient (Wildman–Crippen LogP) is 2.63. The highest BCUT2D eigenvalue weighted by molar-refractivity contribution is 6.04. The zero-order valence-corrected chi connectivity index (χ0v) is 24.2. The standard InChI is InChI=1S/C30H44N4O6/c1-30(2)29(37)33(13-6-14-38-3)24-16-22(11-12-26(24)40-30)34(21-9-10-21)28(36)20-15-19(17-31-18-20)27(35)32-23-7-5-8-25(23)39-4/h11-12,16,19-21,23,25,31H,5-10,13-15,17-18H2,1-4H3,(H,32,35)/t19-,20+,23-,25-/m0/s1. The Morgan fingerprint density at radius 1 is 1.15 bits per heavy atom. The predicted molar refractivity (Wildman–Crippen MR) is 152 cm³/mol. The Morgan fingerprint density at radius 2 is 1.93 bits per heavy atom. The molecule has 40 heavy (non-hydrogen) atoms. The molecule has 4 aliphatic rings. The molecule has 1 aromatic rings. The molecule has 0 unspecified atom stereocenters. The maximum atomic E-state index is 14.0. The largest absolute Gasteiger partial charge is 0.476 e. The monoisotopic (exact) mass is 556 g/mol. The Bertz CT molecular complexity index is 1110. The summed E-state index contributed by atoms with van der Waals surface area (Å²) in [5, 5.41) is 6.53. The molecule has 2 saturated carbocycles. The summed E-state index contributed by atoms with van der Waals surface area (Å²) in [5.74, 6) is -0.0345. The van der Waals surface area contributed by atoms with Gasteiger partial charge in [0, 0.05) is 52.2 Å². The van der Waals surface area contributed by atoms with Crippen LogP contribution in [0.3, 0.4) is 0 Å². The average Bonchev–Trinajstić information content (AvgIpc) is 3.68. The molecule has 3 fully saturated rings. The quantitative estimate of drug-likeness (QED) is 0.427. The van der Waals surface area contributed by atoms with Gasteiger partial charge in [-0.2, -0.15) is 0 Å². The third-order valence-electron chi connectivity index (χ3n) is 8.67. The van der Waals surface area contributed by atoms with Crippen molar-refractivity contribution >= 4 is 29.1 Å². The highest BCUT2D eigenvalue weighted by Gasteiger charge is 2.43. The van der Waals surface area contributed by atoms with Gasteiger partial charge in [-0.1, -0.05) is 0 Å². The van der Waals surface area contributed by atoms with Crippen LogP contribution in [-0.2, 0) is 23.9 Å². The number of amides is 3. The fourth-order valence-electron chi connectivity index (χ4n) is 6.35. The fraction of sp³-hybridized carbons (Fsp3) is 0.700. The molecule has 10 nitrogen and oxygen atoms in total. The first-order chi connectivity index (χ1) is 19.2. The number of carbonyl (C=O) groups is 3. The number of anilines is 2. The average molecular weight is 557 g/mol. The molecule has 10 heteroatoms. The van der Waals surface area contributed by atoms with Crippen molar-refractivity contribution in [1.29, 1.82) is 0 Å². The summed E-state index contributed by atoms with van der Waals surface area (Å²) >= 11 is 0. The number of ether oxygens (including phenoxy) is 3. The van der Waals surface area contributed by atoms with Crippen LogP contribution in [0, 0.1) is 11.8 Å². The molecule has 220 valence electrons. The topological polar surface area (TPSA) is 109 Å². The van der Waals surface area contributed by atoms with Crippen LogP contribution in [0.4, 0.5) is 11.4 Å². The van der Waals surface area contributed by atoms with E-state index in [9.17, 15) is 14.4 Å². The van der Waals surface area contributed by atoms with Crippen LogP contribution in [-0.4, -0.2) is 82.0 Å². The number of methoxy groups -OCH3 is 2. The Labute approximate surface area is 237 Å². The van der Waals surface area contributed by atoms with Gasteiger partial charge in [-0.3, -0.25) is 14.4 Å². The number of hydrogen-bond acceptors (Lipinski definition) is 7. The minimum atomic E-state index is -0.974. The van der Waals surface area contributed by atoms with E-state index in [-0.39, 0.29) is 47.7 Å². The summed E-state index contributed by atoms with van der Waals surface area (Å²) in [4.78, 5) is 44.1. The van der Waals surface area contributed by atoms with Crippen molar-refractivity contribution in [1.82, 2.24) is 10.6 Å². The fourth-order valence-corrected chi connectivity index (χ4v) is 6.35. The van der Waals surface area contributed by atoms with E-state index in [2.05, 4.69) is 10.6 Å². The van der Waals surface area contributed by atoms with Crippen LogP contribution in [0.15, 0.2) is 18.2 Å². The number of piperidine rings is 1. The van der Waals surface area contributed by atoms with Crippen LogP contribution < -0.4 is 25.2 Å². The summed E-state index contributed by atoms with van der Waals surface area (Å²) in [7, 11) is 3.34. The molecular formula is C30H44N4O6. The Morgan fingerprint density at radius 3 is 2.65 bits per heavy atom. The molecule has 0 radical (unpaired) electrons. The molecule has 5 rings (SSSR count). The number of hydrogen-bond donors (Lipinski definition) is 2.